The van der Waals surface area contributed by atoms with Crippen molar-refractivity contribution >= 4 is 0 Å². The summed E-state index contributed by atoms with van der Waals surface area (Å²) in [5.41, 5.74) is 0. The molecule has 1 rings (SSSR count). The Morgan fingerprint density at radius 2 is 1.92 bits per heavy atom. The number of hydrogen-bond acceptors (Lipinski definition) is 1. The van der Waals surface area contributed by atoms with Gasteiger partial charge in [0.25, 0.3) is 0 Å². The molecule has 12 heavy (non-hydrogen) atoms. The van der Waals surface area contributed by atoms with Gasteiger partial charge in [-0.15, -0.1) is 0 Å². The van der Waals surface area contributed by atoms with E-state index in [-0.39, 0.29) is 0 Å². The first kappa shape index (κ1) is 10.0. The summed E-state index contributed by atoms with van der Waals surface area (Å²) in [6.07, 6.45) is 4.43. The first-order chi connectivity index (χ1) is 5.75. The molecule has 0 aromatic heterocycles. The molecule has 1 aliphatic heterocycles. The summed E-state index contributed by atoms with van der Waals surface area (Å²) in [6.45, 7) is 8.41. The van der Waals surface area contributed by atoms with Crippen molar-refractivity contribution in [1.29, 1.82) is 0 Å². The molecular weight excluding hydrogens is 150 g/mol. The minimum Gasteiger partial charge on any atom is -0.333 e. The van der Waals surface area contributed by atoms with Gasteiger partial charge in [0.15, 0.2) is 6.23 Å². The van der Waals surface area contributed by atoms with Crippen LogP contribution in [-0.4, -0.2) is 37.5 Å². The molecule has 1 heterocycles. The fraction of sp³-hybridized carbons (Fsp3) is 1.00. The molecule has 0 amide bonds. The van der Waals surface area contributed by atoms with E-state index in [1.165, 1.54) is 43.4 Å². The second-order valence-corrected chi connectivity index (χ2v) is 3.93. The van der Waals surface area contributed by atoms with Crippen molar-refractivity contribution in [1.82, 2.24) is 0 Å². The quantitative estimate of drug-likeness (QED) is 0.589. The van der Waals surface area contributed by atoms with Gasteiger partial charge in [0.2, 0.25) is 0 Å². The maximum absolute atomic E-state index is 5.46. The van der Waals surface area contributed by atoms with Gasteiger partial charge in [-0.2, -0.15) is 0 Å². The number of rotatable bonds is 4. The third-order valence-corrected chi connectivity index (χ3v) is 3.24. The standard InChI is InChI=1S/C10H22NO/c1-4-7-11(10(2)12-3)8-5-6-9-11/h10H,4-9H2,1-3H3/q+1. The summed E-state index contributed by atoms with van der Waals surface area (Å²) < 4.78 is 6.66. The van der Waals surface area contributed by atoms with Crippen LogP contribution in [0.5, 0.6) is 0 Å². The Bertz CT molecular complexity index is 130. The van der Waals surface area contributed by atoms with Gasteiger partial charge in [0.1, 0.15) is 0 Å². The average Bonchev–Trinajstić information content (AvgIpc) is 2.53. The molecule has 72 valence electrons. The maximum atomic E-state index is 5.46. The van der Waals surface area contributed by atoms with Crippen molar-refractivity contribution in [3.63, 3.8) is 0 Å². The van der Waals surface area contributed by atoms with Gasteiger partial charge in [-0.1, -0.05) is 6.92 Å². The molecule has 0 N–H and O–H groups in total. The van der Waals surface area contributed by atoms with Crippen LogP contribution in [0.2, 0.25) is 0 Å². The number of quaternary nitrogens is 1. The second kappa shape index (κ2) is 4.24. The van der Waals surface area contributed by atoms with E-state index in [9.17, 15) is 0 Å². The molecule has 2 nitrogen and oxygen atoms in total. The summed E-state index contributed by atoms with van der Waals surface area (Å²) >= 11 is 0. The molecule has 0 aliphatic carbocycles. The lowest BCUT2D eigenvalue weighted by molar-refractivity contribution is -0.959. The van der Waals surface area contributed by atoms with Crippen LogP contribution in [-0.2, 0) is 4.74 Å². The van der Waals surface area contributed by atoms with Crippen molar-refractivity contribution in [3.8, 4) is 0 Å². The zero-order chi connectivity index (χ0) is 9.03. The van der Waals surface area contributed by atoms with Crippen LogP contribution in [0.4, 0.5) is 0 Å². The number of nitrogens with zero attached hydrogens (tertiary/aromatic N) is 1. The van der Waals surface area contributed by atoms with Crippen molar-refractivity contribution in [2.75, 3.05) is 26.7 Å². The first-order valence-corrected chi connectivity index (χ1v) is 5.14. The molecule has 1 atom stereocenters. The Hall–Kier alpha value is -0.0800. The zero-order valence-corrected chi connectivity index (χ0v) is 8.68. The van der Waals surface area contributed by atoms with E-state index in [4.69, 9.17) is 4.74 Å². The monoisotopic (exact) mass is 172 g/mol. The van der Waals surface area contributed by atoms with Crippen LogP contribution >= 0.6 is 0 Å². The zero-order valence-electron chi connectivity index (χ0n) is 8.68. The minimum absolute atomic E-state index is 0.396. The molecule has 0 radical (unpaired) electrons. The summed E-state index contributed by atoms with van der Waals surface area (Å²) in [5.74, 6) is 0. The first-order valence-electron chi connectivity index (χ1n) is 5.14. The van der Waals surface area contributed by atoms with Gasteiger partial charge in [-0.3, -0.25) is 4.48 Å². The van der Waals surface area contributed by atoms with Gasteiger partial charge < -0.3 is 4.74 Å². The number of methoxy groups -OCH3 is 1. The highest BCUT2D eigenvalue weighted by Crippen LogP contribution is 2.24. The van der Waals surface area contributed by atoms with E-state index in [1.807, 2.05) is 7.11 Å². The molecule has 1 saturated heterocycles. The highest BCUT2D eigenvalue weighted by atomic mass is 16.5. The normalized spacial score (nSPS) is 24.2. The Kier molecular flexibility index (Phi) is 3.53. The molecule has 0 spiro atoms. The van der Waals surface area contributed by atoms with E-state index in [1.54, 1.807) is 0 Å². The Morgan fingerprint density at radius 3 is 2.33 bits per heavy atom. The van der Waals surface area contributed by atoms with Crippen molar-refractivity contribution in [3.05, 3.63) is 0 Å². The minimum atomic E-state index is 0.396. The molecular formula is C10H22NO+. The summed E-state index contributed by atoms with van der Waals surface area (Å²) in [7, 11) is 1.83. The molecule has 0 aromatic carbocycles. The smallest absolute Gasteiger partial charge is 0.190 e. The van der Waals surface area contributed by atoms with Crippen LogP contribution in [0.25, 0.3) is 0 Å². The third kappa shape index (κ3) is 1.80. The van der Waals surface area contributed by atoms with Gasteiger partial charge in [-0.25, -0.2) is 0 Å². The number of hydrogen-bond donors (Lipinski definition) is 0. The average molecular weight is 172 g/mol. The Labute approximate surface area is 76.1 Å². The van der Waals surface area contributed by atoms with Gasteiger partial charge in [0.05, 0.1) is 19.6 Å². The van der Waals surface area contributed by atoms with E-state index < -0.39 is 0 Å². The Balaban J connectivity index is 2.57. The SMILES string of the molecule is CCC[N+]1(C(C)OC)CCCC1. The van der Waals surface area contributed by atoms with E-state index >= 15 is 0 Å². The van der Waals surface area contributed by atoms with Crippen molar-refractivity contribution < 1.29 is 9.22 Å². The largest absolute Gasteiger partial charge is 0.333 e. The summed E-state index contributed by atoms with van der Waals surface area (Å²) in [5, 5.41) is 0. The highest BCUT2D eigenvalue weighted by Gasteiger charge is 2.36. The van der Waals surface area contributed by atoms with Crippen molar-refractivity contribution in [2.24, 2.45) is 0 Å². The van der Waals surface area contributed by atoms with Crippen LogP contribution in [0.15, 0.2) is 0 Å². The second-order valence-electron chi connectivity index (χ2n) is 3.93. The van der Waals surface area contributed by atoms with Crippen molar-refractivity contribution in [2.45, 2.75) is 39.3 Å². The summed E-state index contributed by atoms with van der Waals surface area (Å²) in [6, 6.07) is 0. The van der Waals surface area contributed by atoms with Gasteiger partial charge in [-0.05, 0) is 6.42 Å². The fourth-order valence-electron chi connectivity index (χ4n) is 2.40. The van der Waals surface area contributed by atoms with Crippen LogP contribution in [0.1, 0.15) is 33.1 Å². The lowest BCUT2D eigenvalue weighted by Gasteiger charge is -2.38. The van der Waals surface area contributed by atoms with Gasteiger partial charge in [0, 0.05) is 26.9 Å². The molecule has 0 bridgehead atoms. The fourth-order valence-corrected chi connectivity index (χ4v) is 2.40. The molecule has 0 aromatic rings. The van der Waals surface area contributed by atoms with Crippen LogP contribution in [0, 0.1) is 0 Å². The predicted octanol–water partition coefficient (Wildman–Crippen LogP) is 2.00. The Morgan fingerprint density at radius 1 is 1.33 bits per heavy atom. The molecule has 1 fully saturated rings. The molecule has 0 saturated carbocycles. The van der Waals surface area contributed by atoms with E-state index in [0.29, 0.717) is 6.23 Å². The third-order valence-electron chi connectivity index (χ3n) is 3.24. The van der Waals surface area contributed by atoms with Crippen LogP contribution in [0.3, 0.4) is 0 Å². The number of ether oxygens (including phenoxy) is 1. The van der Waals surface area contributed by atoms with E-state index in [2.05, 4.69) is 13.8 Å². The van der Waals surface area contributed by atoms with Gasteiger partial charge >= 0.3 is 0 Å². The lowest BCUT2D eigenvalue weighted by atomic mass is 10.3. The maximum Gasteiger partial charge on any atom is 0.190 e. The highest BCUT2D eigenvalue weighted by molar-refractivity contribution is 4.55. The summed E-state index contributed by atoms with van der Waals surface area (Å²) in [4.78, 5) is 0. The lowest BCUT2D eigenvalue weighted by Crippen LogP contribution is -2.53. The number of likely N-dealkylation sites (tertiary alicyclic amines) is 1. The van der Waals surface area contributed by atoms with E-state index in [0.717, 1.165) is 0 Å². The molecule has 1 unspecified atom stereocenters. The topological polar surface area (TPSA) is 9.23 Å². The van der Waals surface area contributed by atoms with Crippen LogP contribution < -0.4 is 0 Å². The molecule has 1 aliphatic rings. The predicted molar refractivity (Wildman–Crippen MR) is 50.9 cm³/mol. The molecule has 2 heteroatoms.